The summed E-state index contributed by atoms with van der Waals surface area (Å²) in [6.07, 6.45) is 1.27. The first kappa shape index (κ1) is 13.1. The molecule has 2 aliphatic rings. The zero-order valence-corrected chi connectivity index (χ0v) is 12.2. The minimum atomic E-state index is 0.296. The van der Waals surface area contributed by atoms with Crippen LogP contribution in [-0.4, -0.2) is 30.1 Å². The molecule has 2 aliphatic heterocycles. The van der Waals surface area contributed by atoms with Gasteiger partial charge in [0.1, 0.15) is 0 Å². The highest BCUT2D eigenvalue weighted by molar-refractivity contribution is 5.36. The summed E-state index contributed by atoms with van der Waals surface area (Å²) in [4.78, 5) is 2.61. The molecule has 0 saturated carbocycles. The van der Waals surface area contributed by atoms with Gasteiger partial charge in [-0.25, -0.2) is 0 Å². The molecular formula is C19H22N2. The fourth-order valence-electron chi connectivity index (χ4n) is 4.26. The van der Waals surface area contributed by atoms with Crippen LogP contribution in [0, 0.1) is 5.92 Å². The van der Waals surface area contributed by atoms with Crippen LogP contribution in [0.1, 0.15) is 23.5 Å². The van der Waals surface area contributed by atoms with Gasteiger partial charge in [-0.05, 0) is 30.0 Å². The van der Waals surface area contributed by atoms with E-state index in [-0.39, 0.29) is 0 Å². The van der Waals surface area contributed by atoms with Crippen molar-refractivity contribution in [3.05, 3.63) is 71.8 Å². The van der Waals surface area contributed by atoms with Crippen molar-refractivity contribution in [1.82, 2.24) is 4.90 Å². The number of nitrogens with two attached hydrogens (primary N) is 1. The number of piperidine rings is 1. The van der Waals surface area contributed by atoms with Gasteiger partial charge in [0.25, 0.3) is 0 Å². The van der Waals surface area contributed by atoms with E-state index in [1.807, 2.05) is 0 Å². The number of hydrogen-bond donors (Lipinski definition) is 1. The van der Waals surface area contributed by atoms with Crippen LogP contribution in [0.3, 0.4) is 0 Å². The van der Waals surface area contributed by atoms with Crippen molar-refractivity contribution in [3.63, 3.8) is 0 Å². The third kappa shape index (κ3) is 2.19. The third-order valence-corrected chi connectivity index (χ3v) is 5.28. The summed E-state index contributed by atoms with van der Waals surface area (Å²) in [7, 11) is 0. The summed E-state index contributed by atoms with van der Waals surface area (Å²) in [5.74, 6) is 1.07. The van der Waals surface area contributed by atoms with Gasteiger partial charge in [0.05, 0.1) is 0 Å². The summed E-state index contributed by atoms with van der Waals surface area (Å²) in [6.45, 7) is 2.39. The van der Waals surface area contributed by atoms with E-state index in [1.165, 1.54) is 30.6 Å². The number of hydrogen-bond acceptors (Lipinski definition) is 2. The molecule has 0 aromatic heterocycles. The molecule has 21 heavy (non-hydrogen) atoms. The zero-order chi connectivity index (χ0) is 14.2. The van der Waals surface area contributed by atoms with Crippen LogP contribution in [0.25, 0.3) is 0 Å². The predicted molar refractivity (Wildman–Crippen MR) is 86.2 cm³/mol. The van der Waals surface area contributed by atoms with Gasteiger partial charge in [-0.2, -0.15) is 0 Å². The van der Waals surface area contributed by atoms with Crippen molar-refractivity contribution in [1.29, 1.82) is 0 Å². The second-order valence-corrected chi connectivity index (χ2v) is 6.41. The minimum Gasteiger partial charge on any atom is -0.326 e. The fraction of sp³-hybridized carbons (Fsp3) is 0.368. The Morgan fingerprint density at radius 3 is 1.95 bits per heavy atom. The van der Waals surface area contributed by atoms with Gasteiger partial charge in [-0.1, -0.05) is 60.7 Å². The molecule has 2 aromatic carbocycles. The molecule has 108 valence electrons. The van der Waals surface area contributed by atoms with E-state index in [0.717, 1.165) is 0 Å². The Morgan fingerprint density at radius 2 is 1.48 bits per heavy atom. The van der Waals surface area contributed by atoms with E-state index in [9.17, 15) is 0 Å². The topological polar surface area (TPSA) is 29.3 Å². The third-order valence-electron chi connectivity index (χ3n) is 5.28. The fourth-order valence-corrected chi connectivity index (χ4v) is 4.26. The molecule has 0 aliphatic carbocycles. The largest absolute Gasteiger partial charge is 0.326 e. The molecule has 2 fully saturated rings. The van der Waals surface area contributed by atoms with E-state index < -0.39 is 0 Å². The molecular weight excluding hydrogens is 256 g/mol. The first-order valence-electron chi connectivity index (χ1n) is 7.94. The Hall–Kier alpha value is -1.64. The second kappa shape index (κ2) is 5.28. The summed E-state index contributed by atoms with van der Waals surface area (Å²) in [6, 6.07) is 22.5. The summed E-state index contributed by atoms with van der Waals surface area (Å²) < 4.78 is 0. The van der Waals surface area contributed by atoms with Crippen LogP contribution in [0.2, 0.25) is 0 Å². The van der Waals surface area contributed by atoms with Crippen molar-refractivity contribution < 1.29 is 0 Å². The predicted octanol–water partition coefficient (Wildman–Crippen LogP) is 2.85. The van der Waals surface area contributed by atoms with E-state index in [2.05, 4.69) is 65.6 Å². The lowest BCUT2D eigenvalue weighted by molar-refractivity contribution is 0.219. The van der Waals surface area contributed by atoms with Crippen LogP contribution < -0.4 is 5.73 Å². The molecule has 4 rings (SSSR count). The molecule has 2 nitrogen and oxygen atoms in total. The van der Waals surface area contributed by atoms with Gasteiger partial charge in [0.2, 0.25) is 0 Å². The second-order valence-electron chi connectivity index (χ2n) is 6.41. The number of fused-ring (bicyclic) bond motifs is 2. The Kier molecular flexibility index (Phi) is 3.28. The van der Waals surface area contributed by atoms with Crippen molar-refractivity contribution >= 4 is 0 Å². The van der Waals surface area contributed by atoms with Crippen LogP contribution in [0.4, 0.5) is 0 Å². The highest BCUT2D eigenvalue weighted by atomic mass is 15.2. The number of benzene rings is 2. The number of rotatable bonds is 3. The van der Waals surface area contributed by atoms with Crippen molar-refractivity contribution in [2.45, 2.75) is 24.4 Å². The Labute approximate surface area is 126 Å². The SMILES string of the molecule is N[C@H]1[C@H]2CCN(C2)[C@@H]1C(c1ccccc1)c1ccccc1. The highest BCUT2D eigenvalue weighted by Crippen LogP contribution is 2.42. The lowest BCUT2D eigenvalue weighted by atomic mass is 9.79. The van der Waals surface area contributed by atoms with Gasteiger partial charge in [-0.15, -0.1) is 0 Å². The molecule has 1 unspecified atom stereocenters. The van der Waals surface area contributed by atoms with Gasteiger partial charge in [0, 0.05) is 24.5 Å². The number of nitrogens with zero attached hydrogens (tertiary/aromatic N) is 1. The van der Waals surface area contributed by atoms with E-state index in [0.29, 0.717) is 23.9 Å². The van der Waals surface area contributed by atoms with Crippen molar-refractivity contribution in [3.8, 4) is 0 Å². The summed E-state index contributed by atoms with van der Waals surface area (Å²) in [5.41, 5.74) is 9.37. The van der Waals surface area contributed by atoms with Gasteiger partial charge >= 0.3 is 0 Å². The Bertz CT molecular complexity index is 554. The van der Waals surface area contributed by atoms with Crippen LogP contribution in [-0.2, 0) is 0 Å². The lowest BCUT2D eigenvalue weighted by Crippen LogP contribution is -2.48. The van der Waals surface area contributed by atoms with Gasteiger partial charge in [0.15, 0.2) is 0 Å². The zero-order valence-electron chi connectivity index (χ0n) is 12.2. The quantitative estimate of drug-likeness (QED) is 0.935. The first-order chi connectivity index (χ1) is 10.3. The van der Waals surface area contributed by atoms with Gasteiger partial charge < -0.3 is 5.73 Å². The Morgan fingerprint density at radius 1 is 0.905 bits per heavy atom. The van der Waals surface area contributed by atoms with E-state index >= 15 is 0 Å². The molecule has 0 spiro atoms. The molecule has 0 radical (unpaired) electrons. The van der Waals surface area contributed by atoms with E-state index in [1.54, 1.807) is 0 Å². The lowest BCUT2D eigenvalue weighted by Gasteiger charge is -2.37. The van der Waals surface area contributed by atoms with Crippen LogP contribution >= 0.6 is 0 Å². The molecule has 2 N–H and O–H groups in total. The molecule has 2 heteroatoms. The molecule has 2 bridgehead atoms. The van der Waals surface area contributed by atoms with Crippen molar-refractivity contribution in [2.75, 3.05) is 13.1 Å². The van der Waals surface area contributed by atoms with Gasteiger partial charge in [-0.3, -0.25) is 4.90 Å². The first-order valence-corrected chi connectivity index (χ1v) is 7.94. The summed E-state index contributed by atoms with van der Waals surface area (Å²) in [5, 5.41) is 0. The van der Waals surface area contributed by atoms with Crippen molar-refractivity contribution in [2.24, 2.45) is 11.7 Å². The highest BCUT2D eigenvalue weighted by Gasteiger charge is 2.47. The maximum Gasteiger partial charge on any atom is 0.0359 e. The molecule has 2 saturated heterocycles. The average Bonchev–Trinajstić information content (AvgIpc) is 3.13. The van der Waals surface area contributed by atoms with Crippen LogP contribution in [0.15, 0.2) is 60.7 Å². The summed E-state index contributed by atoms with van der Waals surface area (Å²) >= 11 is 0. The normalized spacial score (nSPS) is 31.0. The standard InChI is InChI=1S/C19H22N2/c20-18-16-11-12-21(13-16)19(18)17(14-7-3-1-4-8-14)15-9-5-2-6-10-15/h1-10,16-19H,11-13,20H2/t16-,18-,19+/m0/s1. The van der Waals surface area contributed by atoms with Crippen LogP contribution in [0.5, 0.6) is 0 Å². The minimum absolute atomic E-state index is 0.296. The Balaban J connectivity index is 1.78. The molecule has 4 atom stereocenters. The molecule has 2 heterocycles. The maximum atomic E-state index is 6.60. The van der Waals surface area contributed by atoms with E-state index in [4.69, 9.17) is 5.73 Å². The monoisotopic (exact) mass is 278 g/mol. The average molecular weight is 278 g/mol. The molecule has 0 amide bonds. The molecule has 2 aromatic rings. The smallest absolute Gasteiger partial charge is 0.0359 e. The maximum absolute atomic E-state index is 6.60.